The molecule has 0 aromatic carbocycles. The topological polar surface area (TPSA) is 55.9 Å². The molecule has 0 saturated carbocycles. The van der Waals surface area contributed by atoms with E-state index in [-0.39, 0.29) is 0 Å². The van der Waals surface area contributed by atoms with Crippen LogP contribution >= 0.6 is 0 Å². The van der Waals surface area contributed by atoms with Gasteiger partial charge in [0, 0.05) is 43.7 Å². The number of rotatable bonds is 5. The molecule has 1 unspecified atom stereocenters. The van der Waals surface area contributed by atoms with E-state index < -0.39 is 6.10 Å². The van der Waals surface area contributed by atoms with Gasteiger partial charge >= 0.3 is 0 Å². The molecule has 104 valence electrons. The second-order valence-electron chi connectivity index (χ2n) is 4.94. The minimum absolute atomic E-state index is 0.415. The second-order valence-corrected chi connectivity index (χ2v) is 4.94. The summed E-state index contributed by atoms with van der Waals surface area (Å²) in [6, 6.07) is 0. The van der Waals surface area contributed by atoms with Crippen molar-refractivity contribution in [2.45, 2.75) is 46.3 Å². The van der Waals surface area contributed by atoms with Gasteiger partial charge in [0.1, 0.15) is 5.82 Å². The first-order chi connectivity index (χ1) is 9.04. The highest BCUT2D eigenvalue weighted by molar-refractivity contribution is 5.26. The minimum Gasteiger partial charge on any atom is -0.388 e. The molecule has 0 radical (unpaired) electrons. The molecule has 0 aliphatic heterocycles. The molecule has 2 aromatic rings. The van der Waals surface area contributed by atoms with Gasteiger partial charge in [-0.2, -0.15) is 5.10 Å². The summed E-state index contributed by atoms with van der Waals surface area (Å²) in [7, 11) is 2.00. The Labute approximate surface area is 113 Å². The summed E-state index contributed by atoms with van der Waals surface area (Å²) in [5.41, 5.74) is 2.95. The van der Waals surface area contributed by atoms with Crippen LogP contribution < -0.4 is 0 Å². The maximum absolute atomic E-state index is 10.0. The summed E-state index contributed by atoms with van der Waals surface area (Å²) in [6.07, 6.45) is 4.90. The molecular weight excluding hydrogens is 240 g/mol. The van der Waals surface area contributed by atoms with Crippen LogP contribution in [-0.4, -0.2) is 24.4 Å². The third kappa shape index (κ3) is 2.71. The summed E-state index contributed by atoms with van der Waals surface area (Å²) in [4.78, 5) is 4.31. The Balaban J connectivity index is 2.16. The van der Waals surface area contributed by atoms with E-state index in [1.165, 1.54) is 0 Å². The van der Waals surface area contributed by atoms with Crippen LogP contribution in [0.15, 0.2) is 12.4 Å². The Morgan fingerprint density at radius 3 is 2.68 bits per heavy atom. The van der Waals surface area contributed by atoms with Crippen LogP contribution in [-0.2, 0) is 20.0 Å². The zero-order valence-corrected chi connectivity index (χ0v) is 12.1. The number of hydrogen-bond donors (Lipinski definition) is 1. The molecule has 2 aromatic heterocycles. The summed E-state index contributed by atoms with van der Waals surface area (Å²) in [5, 5.41) is 14.6. The van der Waals surface area contributed by atoms with Crippen molar-refractivity contribution < 1.29 is 5.11 Å². The van der Waals surface area contributed by atoms with Crippen LogP contribution in [0, 0.1) is 13.8 Å². The molecular formula is C14H22N4O. The average molecular weight is 262 g/mol. The Morgan fingerprint density at radius 1 is 1.37 bits per heavy atom. The summed E-state index contributed by atoms with van der Waals surface area (Å²) in [6.45, 7) is 6.74. The first-order valence-electron chi connectivity index (χ1n) is 6.72. The number of aliphatic hydroxyl groups excluding tert-OH is 1. The molecule has 5 nitrogen and oxygen atoms in total. The first-order valence-corrected chi connectivity index (χ1v) is 6.72. The van der Waals surface area contributed by atoms with Gasteiger partial charge in [0.05, 0.1) is 11.8 Å². The van der Waals surface area contributed by atoms with Gasteiger partial charge in [-0.1, -0.05) is 6.92 Å². The number of aryl methyl sites for hydroxylation is 4. The van der Waals surface area contributed by atoms with E-state index in [0.717, 1.165) is 35.7 Å². The van der Waals surface area contributed by atoms with E-state index >= 15 is 0 Å². The highest BCUT2D eigenvalue weighted by atomic mass is 16.3. The third-order valence-corrected chi connectivity index (χ3v) is 3.63. The molecule has 5 heteroatoms. The van der Waals surface area contributed by atoms with Crippen molar-refractivity contribution in [3.05, 3.63) is 35.2 Å². The fourth-order valence-corrected chi connectivity index (χ4v) is 2.46. The van der Waals surface area contributed by atoms with E-state index in [0.29, 0.717) is 6.42 Å². The van der Waals surface area contributed by atoms with Gasteiger partial charge in [-0.25, -0.2) is 4.98 Å². The Bertz CT molecular complexity index is 556. The molecule has 0 amide bonds. The lowest BCUT2D eigenvalue weighted by Crippen LogP contribution is -2.09. The monoisotopic (exact) mass is 262 g/mol. The molecule has 0 aliphatic carbocycles. The predicted molar refractivity (Wildman–Crippen MR) is 73.9 cm³/mol. The number of imidazole rings is 1. The minimum atomic E-state index is -0.415. The normalized spacial score (nSPS) is 12.9. The molecule has 19 heavy (non-hydrogen) atoms. The van der Waals surface area contributed by atoms with Crippen molar-refractivity contribution in [1.82, 2.24) is 19.3 Å². The molecule has 1 N–H and O–H groups in total. The lowest BCUT2D eigenvalue weighted by Gasteiger charge is -2.09. The number of aliphatic hydroxyl groups is 1. The van der Waals surface area contributed by atoms with E-state index in [1.54, 1.807) is 0 Å². The summed E-state index contributed by atoms with van der Waals surface area (Å²) >= 11 is 0. The van der Waals surface area contributed by atoms with Crippen molar-refractivity contribution >= 4 is 0 Å². The molecule has 0 saturated heterocycles. The van der Waals surface area contributed by atoms with Gasteiger partial charge in [0.25, 0.3) is 0 Å². The Kier molecular flexibility index (Phi) is 4.04. The highest BCUT2D eigenvalue weighted by Crippen LogP contribution is 2.23. The lowest BCUT2D eigenvalue weighted by atomic mass is 10.1. The van der Waals surface area contributed by atoms with E-state index in [2.05, 4.69) is 10.1 Å². The third-order valence-electron chi connectivity index (χ3n) is 3.63. The fraction of sp³-hybridized carbons (Fsp3) is 0.571. The van der Waals surface area contributed by atoms with Gasteiger partial charge in [0.2, 0.25) is 0 Å². The Morgan fingerprint density at radius 2 is 2.11 bits per heavy atom. The molecule has 0 fully saturated rings. The molecule has 2 heterocycles. The van der Waals surface area contributed by atoms with Gasteiger partial charge in [-0.05, 0) is 20.3 Å². The van der Waals surface area contributed by atoms with Gasteiger partial charge in [0.15, 0.2) is 0 Å². The Hall–Kier alpha value is -1.62. The molecule has 0 bridgehead atoms. The lowest BCUT2D eigenvalue weighted by molar-refractivity contribution is 0.172. The van der Waals surface area contributed by atoms with Crippen molar-refractivity contribution in [3.63, 3.8) is 0 Å². The number of nitrogens with zero attached hydrogens (tertiary/aromatic N) is 4. The quantitative estimate of drug-likeness (QED) is 0.895. The zero-order chi connectivity index (χ0) is 14.0. The standard InChI is InChI=1S/C14H22N4O/c1-5-12(19)14-10(2)16-18(11(14)3)8-6-13-15-7-9-17(13)4/h7,9,12,19H,5-6,8H2,1-4H3. The highest BCUT2D eigenvalue weighted by Gasteiger charge is 2.17. The molecule has 1 atom stereocenters. The van der Waals surface area contributed by atoms with Crippen molar-refractivity contribution in [2.75, 3.05) is 0 Å². The van der Waals surface area contributed by atoms with Gasteiger partial charge in [-0.15, -0.1) is 0 Å². The van der Waals surface area contributed by atoms with E-state index in [4.69, 9.17) is 0 Å². The van der Waals surface area contributed by atoms with E-state index in [1.807, 2.05) is 49.5 Å². The number of aromatic nitrogens is 4. The van der Waals surface area contributed by atoms with E-state index in [9.17, 15) is 5.11 Å². The fourth-order valence-electron chi connectivity index (χ4n) is 2.46. The summed E-state index contributed by atoms with van der Waals surface area (Å²) in [5.74, 6) is 1.05. The molecule has 2 rings (SSSR count). The SMILES string of the molecule is CCC(O)c1c(C)nn(CCc2nccn2C)c1C. The van der Waals surface area contributed by atoms with Crippen molar-refractivity contribution in [1.29, 1.82) is 0 Å². The van der Waals surface area contributed by atoms with Crippen LogP contribution in [0.3, 0.4) is 0 Å². The first kappa shape index (κ1) is 13.8. The van der Waals surface area contributed by atoms with Crippen LogP contribution in [0.1, 0.15) is 42.2 Å². The smallest absolute Gasteiger partial charge is 0.110 e. The predicted octanol–water partition coefficient (Wildman–Crippen LogP) is 1.92. The van der Waals surface area contributed by atoms with Crippen molar-refractivity contribution in [2.24, 2.45) is 7.05 Å². The average Bonchev–Trinajstić information content (AvgIpc) is 2.90. The number of hydrogen-bond acceptors (Lipinski definition) is 3. The van der Waals surface area contributed by atoms with Gasteiger partial charge < -0.3 is 9.67 Å². The maximum Gasteiger partial charge on any atom is 0.110 e. The maximum atomic E-state index is 10.0. The second kappa shape index (κ2) is 5.57. The molecule has 0 spiro atoms. The van der Waals surface area contributed by atoms with Crippen LogP contribution in [0.25, 0.3) is 0 Å². The zero-order valence-electron chi connectivity index (χ0n) is 12.1. The summed E-state index contributed by atoms with van der Waals surface area (Å²) < 4.78 is 3.99. The van der Waals surface area contributed by atoms with Crippen LogP contribution in [0.4, 0.5) is 0 Å². The van der Waals surface area contributed by atoms with Crippen LogP contribution in [0.5, 0.6) is 0 Å². The molecule has 0 aliphatic rings. The van der Waals surface area contributed by atoms with Crippen molar-refractivity contribution in [3.8, 4) is 0 Å². The largest absolute Gasteiger partial charge is 0.388 e. The van der Waals surface area contributed by atoms with Crippen LogP contribution in [0.2, 0.25) is 0 Å². The van der Waals surface area contributed by atoms with Gasteiger partial charge in [-0.3, -0.25) is 4.68 Å².